The van der Waals surface area contributed by atoms with Gasteiger partial charge in [-0.05, 0) is 36.6 Å². The maximum atomic E-state index is 12.9. The summed E-state index contributed by atoms with van der Waals surface area (Å²) in [5.74, 6) is 1.56. The molecule has 6 nitrogen and oxygen atoms in total. The van der Waals surface area contributed by atoms with Gasteiger partial charge in [0.1, 0.15) is 0 Å². The minimum atomic E-state index is -0.335. The van der Waals surface area contributed by atoms with Crippen molar-refractivity contribution in [1.29, 1.82) is 0 Å². The molecule has 1 fully saturated rings. The smallest absolute Gasteiger partial charge is 0.232 e. The largest absolute Gasteiger partial charge is 0.493 e. The highest BCUT2D eigenvalue weighted by Crippen LogP contribution is 2.45. The Bertz CT molecular complexity index is 808. The first-order chi connectivity index (χ1) is 12.1. The van der Waals surface area contributed by atoms with Crippen LogP contribution in [0, 0.1) is 0 Å². The number of hydrogen-bond acceptors (Lipinski definition) is 6. The molecular weight excluding hydrogens is 338 g/mol. The fourth-order valence-corrected chi connectivity index (χ4v) is 4.54. The molecule has 0 radical (unpaired) electrons. The number of benzene rings is 1. The van der Waals surface area contributed by atoms with Gasteiger partial charge in [0.25, 0.3) is 0 Å². The lowest BCUT2D eigenvalue weighted by molar-refractivity contribution is -0.126. The summed E-state index contributed by atoms with van der Waals surface area (Å²) in [5, 5.41) is 2.67. The second-order valence-corrected chi connectivity index (χ2v) is 7.48. The van der Waals surface area contributed by atoms with E-state index in [1.807, 2.05) is 11.4 Å². The zero-order valence-electron chi connectivity index (χ0n) is 14.6. The molecule has 0 saturated carbocycles. The molecule has 132 valence electrons. The molecule has 0 N–H and O–H groups in total. The molecule has 1 atom stereocenters. The van der Waals surface area contributed by atoms with Crippen LogP contribution in [0.3, 0.4) is 0 Å². The Morgan fingerprint density at radius 3 is 2.68 bits per heavy atom. The van der Waals surface area contributed by atoms with Crippen LogP contribution >= 0.6 is 11.3 Å². The van der Waals surface area contributed by atoms with Crippen LogP contribution in [0.25, 0.3) is 0 Å². The molecule has 3 heterocycles. The molecule has 2 aliphatic rings. The molecule has 0 aliphatic carbocycles. The standard InChI is InChI=1S/C18H21N3O3S/c1-18-10-16(22)21(17-19-5-7-25-17)11-20(18)6-4-12-8-14(23-2)15(24-3)9-13(12)18/h5,7-9H,4,6,10-11H2,1-3H3. The van der Waals surface area contributed by atoms with Crippen LogP contribution in [-0.2, 0) is 16.8 Å². The van der Waals surface area contributed by atoms with Crippen LogP contribution < -0.4 is 14.4 Å². The summed E-state index contributed by atoms with van der Waals surface area (Å²) in [6, 6.07) is 4.08. The van der Waals surface area contributed by atoms with Crippen molar-refractivity contribution in [3.05, 3.63) is 34.8 Å². The van der Waals surface area contributed by atoms with Gasteiger partial charge < -0.3 is 9.47 Å². The first kappa shape index (κ1) is 16.4. The Labute approximate surface area is 151 Å². The van der Waals surface area contributed by atoms with Crippen LogP contribution in [0.2, 0.25) is 0 Å². The van der Waals surface area contributed by atoms with Gasteiger partial charge in [-0.25, -0.2) is 4.98 Å². The van der Waals surface area contributed by atoms with Crippen LogP contribution in [-0.4, -0.2) is 43.2 Å². The van der Waals surface area contributed by atoms with E-state index in [1.54, 1.807) is 25.3 Å². The van der Waals surface area contributed by atoms with E-state index in [-0.39, 0.29) is 11.4 Å². The number of rotatable bonds is 3. The highest BCUT2D eigenvalue weighted by atomic mass is 32.1. The van der Waals surface area contributed by atoms with Crippen LogP contribution in [0.1, 0.15) is 24.5 Å². The van der Waals surface area contributed by atoms with E-state index >= 15 is 0 Å². The van der Waals surface area contributed by atoms with E-state index in [0.717, 1.165) is 29.4 Å². The first-order valence-electron chi connectivity index (χ1n) is 8.27. The summed E-state index contributed by atoms with van der Waals surface area (Å²) < 4.78 is 10.9. The van der Waals surface area contributed by atoms with Gasteiger partial charge in [0.15, 0.2) is 16.6 Å². The summed E-state index contributed by atoms with van der Waals surface area (Å²) in [4.78, 5) is 21.3. The number of aromatic nitrogens is 1. The molecule has 1 amide bonds. The number of amides is 1. The second kappa shape index (κ2) is 6.00. The van der Waals surface area contributed by atoms with Crippen molar-refractivity contribution in [3.8, 4) is 11.5 Å². The minimum Gasteiger partial charge on any atom is -0.493 e. The van der Waals surface area contributed by atoms with E-state index in [1.165, 1.54) is 16.9 Å². The van der Waals surface area contributed by atoms with E-state index < -0.39 is 0 Å². The number of thiazole rings is 1. The Kier molecular flexibility index (Phi) is 3.92. The number of carbonyl (C=O) groups excluding carboxylic acids is 1. The summed E-state index contributed by atoms with van der Waals surface area (Å²) in [7, 11) is 3.29. The lowest BCUT2D eigenvalue weighted by Crippen LogP contribution is -2.60. The topological polar surface area (TPSA) is 54.9 Å². The lowest BCUT2D eigenvalue weighted by atomic mass is 9.78. The molecule has 2 aliphatic heterocycles. The Morgan fingerprint density at radius 2 is 2.00 bits per heavy atom. The molecular formula is C18H21N3O3S. The summed E-state index contributed by atoms with van der Waals surface area (Å²) in [6.45, 7) is 3.61. The first-order valence-corrected chi connectivity index (χ1v) is 9.15. The average molecular weight is 359 g/mol. The number of carbonyl (C=O) groups is 1. The van der Waals surface area contributed by atoms with Crippen molar-refractivity contribution >= 4 is 22.4 Å². The molecule has 4 rings (SSSR count). The quantitative estimate of drug-likeness (QED) is 0.843. The van der Waals surface area contributed by atoms with Gasteiger partial charge >= 0.3 is 0 Å². The zero-order chi connectivity index (χ0) is 17.6. The maximum absolute atomic E-state index is 12.9. The van der Waals surface area contributed by atoms with Crippen LogP contribution in [0.4, 0.5) is 5.13 Å². The number of anilines is 1. The van der Waals surface area contributed by atoms with Gasteiger partial charge in [0.05, 0.1) is 26.4 Å². The SMILES string of the molecule is COc1cc2c(cc1OC)C1(C)CC(=O)N(c3nccs3)CN1CC2. The van der Waals surface area contributed by atoms with Crippen LogP contribution in [0.15, 0.2) is 23.7 Å². The molecule has 25 heavy (non-hydrogen) atoms. The second-order valence-electron chi connectivity index (χ2n) is 6.61. The molecule has 1 saturated heterocycles. The molecule has 1 aromatic heterocycles. The molecule has 0 bridgehead atoms. The molecule has 0 spiro atoms. The lowest BCUT2D eigenvalue weighted by Gasteiger charge is -2.51. The van der Waals surface area contributed by atoms with Gasteiger partial charge in [-0.3, -0.25) is 14.6 Å². The van der Waals surface area contributed by atoms with Gasteiger partial charge in [-0.15, -0.1) is 11.3 Å². The van der Waals surface area contributed by atoms with Gasteiger partial charge in [0, 0.05) is 24.5 Å². The Balaban J connectivity index is 1.74. The van der Waals surface area contributed by atoms with Gasteiger partial charge in [-0.1, -0.05) is 0 Å². The zero-order valence-corrected chi connectivity index (χ0v) is 15.4. The van der Waals surface area contributed by atoms with Crippen molar-refractivity contribution in [2.45, 2.75) is 25.3 Å². The van der Waals surface area contributed by atoms with Crippen molar-refractivity contribution in [3.63, 3.8) is 0 Å². The summed E-state index contributed by atoms with van der Waals surface area (Å²) in [6.07, 6.45) is 3.09. The third kappa shape index (κ3) is 2.49. The van der Waals surface area contributed by atoms with E-state index in [2.05, 4.69) is 22.9 Å². The van der Waals surface area contributed by atoms with Crippen molar-refractivity contribution in [2.24, 2.45) is 0 Å². The third-order valence-corrected chi connectivity index (χ3v) is 6.09. The fourth-order valence-electron chi connectivity index (χ4n) is 3.89. The van der Waals surface area contributed by atoms with Gasteiger partial charge in [0.2, 0.25) is 5.91 Å². The highest BCUT2D eigenvalue weighted by Gasteiger charge is 2.46. The van der Waals surface area contributed by atoms with Gasteiger partial charge in [-0.2, -0.15) is 0 Å². The molecule has 7 heteroatoms. The number of methoxy groups -OCH3 is 2. The van der Waals surface area contributed by atoms with Crippen molar-refractivity contribution in [1.82, 2.24) is 9.88 Å². The van der Waals surface area contributed by atoms with E-state index in [4.69, 9.17) is 9.47 Å². The predicted molar refractivity (Wildman–Crippen MR) is 96.4 cm³/mol. The number of ether oxygens (including phenoxy) is 2. The Morgan fingerprint density at radius 1 is 1.24 bits per heavy atom. The molecule has 1 aromatic carbocycles. The fraction of sp³-hybridized carbons (Fsp3) is 0.444. The summed E-state index contributed by atoms with van der Waals surface area (Å²) in [5.41, 5.74) is 2.05. The van der Waals surface area contributed by atoms with Crippen molar-refractivity contribution < 1.29 is 14.3 Å². The third-order valence-electron chi connectivity index (χ3n) is 5.30. The normalized spacial score (nSPS) is 23.2. The number of fused-ring (bicyclic) bond motifs is 3. The molecule has 2 aromatic rings. The number of hydrogen-bond donors (Lipinski definition) is 0. The van der Waals surface area contributed by atoms with E-state index in [9.17, 15) is 4.79 Å². The highest BCUT2D eigenvalue weighted by molar-refractivity contribution is 7.13. The number of nitrogens with zero attached hydrogens (tertiary/aromatic N) is 3. The van der Waals surface area contributed by atoms with Crippen molar-refractivity contribution in [2.75, 3.05) is 32.3 Å². The van der Waals surface area contributed by atoms with Crippen LogP contribution in [0.5, 0.6) is 11.5 Å². The van der Waals surface area contributed by atoms with E-state index in [0.29, 0.717) is 18.8 Å². The maximum Gasteiger partial charge on any atom is 0.232 e. The molecule has 1 unspecified atom stereocenters. The Hall–Kier alpha value is -2.12. The minimum absolute atomic E-state index is 0.108. The predicted octanol–water partition coefficient (Wildman–Crippen LogP) is 2.63. The average Bonchev–Trinajstić information content (AvgIpc) is 3.14. The summed E-state index contributed by atoms with van der Waals surface area (Å²) >= 11 is 1.50. The monoisotopic (exact) mass is 359 g/mol.